The second-order valence-electron chi connectivity index (χ2n) is 4.93. The van der Waals surface area contributed by atoms with Gasteiger partial charge in [0.05, 0.1) is 6.26 Å². The molecule has 2 aromatic heterocycles. The number of carbonyl (C=O) groups is 2. The quantitative estimate of drug-likeness (QED) is 0.715. The summed E-state index contributed by atoms with van der Waals surface area (Å²) in [5.41, 5.74) is 2.44. The molecule has 0 radical (unpaired) electrons. The van der Waals surface area contributed by atoms with Gasteiger partial charge in [-0.05, 0) is 17.7 Å². The van der Waals surface area contributed by atoms with Crippen LogP contribution in [0.2, 0.25) is 0 Å². The van der Waals surface area contributed by atoms with Crippen LogP contribution in [0, 0.1) is 0 Å². The number of hydrogen-bond donors (Lipinski definition) is 2. The molecule has 1 unspecified atom stereocenters. The fraction of sp³-hybridized carbons (Fsp3) is 0.125. The Kier molecular flexibility index (Phi) is 4.97. The summed E-state index contributed by atoms with van der Waals surface area (Å²) in [6, 6.07) is 11.8. The van der Waals surface area contributed by atoms with E-state index >= 15 is 0 Å². The zero-order valence-electron chi connectivity index (χ0n) is 12.5. The number of hydrogen-bond acceptors (Lipinski definition) is 6. The molecule has 2 heterocycles. The average Bonchev–Trinajstić information content (AvgIpc) is 3.29. The zero-order chi connectivity index (χ0) is 16.8. The van der Waals surface area contributed by atoms with Gasteiger partial charge in [0.25, 0.3) is 5.91 Å². The number of amides is 2. The lowest BCUT2D eigenvalue weighted by atomic mass is 10.1. The molecule has 8 heteroatoms. The Morgan fingerprint density at radius 3 is 2.67 bits per heavy atom. The van der Waals surface area contributed by atoms with Crippen molar-refractivity contribution >= 4 is 28.3 Å². The van der Waals surface area contributed by atoms with Crippen molar-refractivity contribution in [2.45, 2.75) is 12.5 Å². The fourth-order valence-electron chi connectivity index (χ4n) is 2.12. The van der Waals surface area contributed by atoms with E-state index in [0.717, 1.165) is 5.56 Å². The summed E-state index contributed by atoms with van der Waals surface area (Å²) in [6.45, 7) is 0. The number of rotatable bonds is 6. The van der Waals surface area contributed by atoms with Crippen LogP contribution in [0.15, 0.2) is 58.7 Å². The highest BCUT2D eigenvalue weighted by atomic mass is 32.1. The minimum absolute atomic E-state index is 0.150. The van der Waals surface area contributed by atoms with Crippen molar-refractivity contribution in [1.29, 1.82) is 0 Å². The van der Waals surface area contributed by atoms with Crippen molar-refractivity contribution in [3.63, 3.8) is 0 Å². The molecule has 3 aromatic rings. The number of aromatic nitrogens is 2. The maximum Gasteiger partial charge on any atom is 0.287 e. The number of furan rings is 1. The molecule has 1 atom stereocenters. The molecule has 0 saturated carbocycles. The van der Waals surface area contributed by atoms with Crippen LogP contribution in [0.25, 0.3) is 0 Å². The van der Waals surface area contributed by atoms with Gasteiger partial charge in [-0.2, -0.15) is 0 Å². The minimum Gasteiger partial charge on any atom is -0.459 e. The molecule has 0 aliphatic carbocycles. The van der Waals surface area contributed by atoms with E-state index < -0.39 is 11.9 Å². The van der Waals surface area contributed by atoms with E-state index in [0.29, 0.717) is 11.6 Å². The summed E-state index contributed by atoms with van der Waals surface area (Å²) in [5, 5.41) is 13.2. The molecule has 0 saturated heterocycles. The first-order valence-electron chi connectivity index (χ1n) is 7.17. The number of nitrogens with zero attached hydrogens (tertiary/aromatic N) is 2. The van der Waals surface area contributed by atoms with Crippen molar-refractivity contribution in [2.75, 3.05) is 5.32 Å². The SMILES string of the molecule is O=C(NC(Cc1ccccc1)C(=O)Nc1nncs1)c1ccco1. The Balaban J connectivity index is 1.74. The maximum atomic E-state index is 12.5. The molecular formula is C16H14N4O3S. The summed E-state index contributed by atoms with van der Waals surface area (Å²) in [7, 11) is 0. The largest absolute Gasteiger partial charge is 0.459 e. The van der Waals surface area contributed by atoms with Gasteiger partial charge in [-0.25, -0.2) is 0 Å². The van der Waals surface area contributed by atoms with Crippen molar-refractivity contribution in [3.8, 4) is 0 Å². The third-order valence-corrected chi connectivity index (χ3v) is 3.85. The van der Waals surface area contributed by atoms with E-state index in [1.807, 2.05) is 30.3 Å². The number of benzene rings is 1. The Morgan fingerprint density at radius 2 is 2.00 bits per heavy atom. The van der Waals surface area contributed by atoms with Crippen LogP contribution < -0.4 is 10.6 Å². The van der Waals surface area contributed by atoms with Gasteiger partial charge in [0.15, 0.2) is 5.76 Å². The topological polar surface area (TPSA) is 97.1 Å². The zero-order valence-corrected chi connectivity index (χ0v) is 13.3. The molecule has 0 fully saturated rings. The van der Waals surface area contributed by atoms with Crippen molar-refractivity contribution < 1.29 is 14.0 Å². The molecular weight excluding hydrogens is 328 g/mol. The third kappa shape index (κ3) is 4.05. The monoisotopic (exact) mass is 342 g/mol. The molecule has 7 nitrogen and oxygen atoms in total. The molecule has 0 aliphatic rings. The minimum atomic E-state index is -0.770. The van der Waals surface area contributed by atoms with Crippen LogP contribution in [0.4, 0.5) is 5.13 Å². The molecule has 1 aromatic carbocycles. The Bertz CT molecular complexity index is 788. The predicted octanol–water partition coefficient (Wildman–Crippen LogP) is 2.11. The predicted molar refractivity (Wildman–Crippen MR) is 88.6 cm³/mol. The first-order valence-corrected chi connectivity index (χ1v) is 8.05. The summed E-state index contributed by atoms with van der Waals surface area (Å²) in [4.78, 5) is 24.7. The van der Waals surface area contributed by atoms with Gasteiger partial charge in [-0.15, -0.1) is 10.2 Å². The summed E-state index contributed by atoms with van der Waals surface area (Å²) in [6.07, 6.45) is 1.75. The van der Waals surface area contributed by atoms with Gasteiger partial charge in [0.2, 0.25) is 11.0 Å². The van der Waals surface area contributed by atoms with Crippen LogP contribution in [-0.2, 0) is 11.2 Å². The van der Waals surface area contributed by atoms with Gasteiger partial charge in [-0.3, -0.25) is 14.9 Å². The molecule has 0 aliphatic heterocycles. The lowest BCUT2D eigenvalue weighted by Crippen LogP contribution is -2.45. The molecule has 0 spiro atoms. The highest BCUT2D eigenvalue weighted by Crippen LogP contribution is 2.11. The lowest BCUT2D eigenvalue weighted by molar-refractivity contribution is -0.118. The van der Waals surface area contributed by atoms with Gasteiger partial charge < -0.3 is 9.73 Å². The Morgan fingerprint density at radius 1 is 1.17 bits per heavy atom. The lowest BCUT2D eigenvalue weighted by Gasteiger charge is -2.17. The van der Waals surface area contributed by atoms with E-state index in [1.54, 1.807) is 6.07 Å². The molecule has 2 N–H and O–H groups in total. The highest BCUT2D eigenvalue weighted by Gasteiger charge is 2.23. The van der Waals surface area contributed by atoms with Crippen LogP contribution in [0.1, 0.15) is 16.1 Å². The number of anilines is 1. The van der Waals surface area contributed by atoms with E-state index in [9.17, 15) is 9.59 Å². The van der Waals surface area contributed by atoms with Crippen molar-refractivity contribution in [1.82, 2.24) is 15.5 Å². The summed E-state index contributed by atoms with van der Waals surface area (Å²) >= 11 is 1.21. The average molecular weight is 342 g/mol. The first-order chi connectivity index (χ1) is 11.7. The second-order valence-corrected chi connectivity index (χ2v) is 5.76. The van der Waals surface area contributed by atoms with Gasteiger partial charge in [-0.1, -0.05) is 41.7 Å². The van der Waals surface area contributed by atoms with E-state index in [4.69, 9.17) is 4.42 Å². The number of carbonyl (C=O) groups excluding carboxylic acids is 2. The second kappa shape index (κ2) is 7.51. The van der Waals surface area contributed by atoms with Crippen molar-refractivity contribution in [2.24, 2.45) is 0 Å². The van der Waals surface area contributed by atoms with Gasteiger partial charge in [0.1, 0.15) is 11.6 Å². The Labute approximate surface area is 141 Å². The van der Waals surface area contributed by atoms with Crippen molar-refractivity contribution in [3.05, 3.63) is 65.6 Å². The van der Waals surface area contributed by atoms with Gasteiger partial charge in [0, 0.05) is 6.42 Å². The van der Waals surface area contributed by atoms with Gasteiger partial charge >= 0.3 is 0 Å². The van der Waals surface area contributed by atoms with E-state index in [1.165, 1.54) is 29.2 Å². The summed E-state index contributed by atoms with van der Waals surface area (Å²) in [5.74, 6) is -0.666. The highest BCUT2D eigenvalue weighted by molar-refractivity contribution is 7.13. The standard InChI is InChI=1S/C16H14N4O3S/c21-14(19-16-20-17-10-24-16)12(9-11-5-2-1-3-6-11)18-15(22)13-7-4-8-23-13/h1-8,10,12H,9H2,(H,18,22)(H,19,20,21). The normalized spacial score (nSPS) is 11.7. The summed E-state index contributed by atoms with van der Waals surface area (Å²) < 4.78 is 5.07. The molecule has 3 rings (SSSR count). The molecule has 0 bridgehead atoms. The van der Waals surface area contributed by atoms with Crippen LogP contribution >= 0.6 is 11.3 Å². The first kappa shape index (κ1) is 15.9. The maximum absolute atomic E-state index is 12.5. The molecule has 2 amide bonds. The Hall–Kier alpha value is -3.00. The van der Waals surface area contributed by atoms with Crippen LogP contribution in [-0.4, -0.2) is 28.1 Å². The number of nitrogens with one attached hydrogen (secondary N) is 2. The fourth-order valence-corrected chi connectivity index (χ4v) is 2.56. The van der Waals surface area contributed by atoms with E-state index in [2.05, 4.69) is 20.8 Å². The van der Waals surface area contributed by atoms with Crippen LogP contribution in [0.3, 0.4) is 0 Å². The van der Waals surface area contributed by atoms with E-state index in [-0.39, 0.29) is 11.7 Å². The smallest absolute Gasteiger partial charge is 0.287 e. The van der Waals surface area contributed by atoms with Crippen LogP contribution in [0.5, 0.6) is 0 Å². The molecule has 122 valence electrons. The third-order valence-electron chi connectivity index (χ3n) is 3.24. The molecule has 24 heavy (non-hydrogen) atoms.